The second-order valence-corrected chi connectivity index (χ2v) is 34.7. The Hall–Kier alpha value is -9.00. The van der Waals surface area contributed by atoms with Gasteiger partial charge in [-0.25, -0.2) is 0 Å². The first-order valence-electron chi connectivity index (χ1n) is 46.4. The van der Waals surface area contributed by atoms with Crippen molar-refractivity contribution >= 4 is 0 Å². The summed E-state index contributed by atoms with van der Waals surface area (Å²) in [7, 11) is 0. The van der Waals surface area contributed by atoms with Crippen molar-refractivity contribution in [2.24, 2.45) is 0 Å². The van der Waals surface area contributed by atoms with Crippen molar-refractivity contribution in [3.63, 3.8) is 0 Å². The maximum atomic E-state index is 13.8. The Morgan fingerprint density at radius 3 is 0.449 bits per heavy atom. The average Bonchev–Trinajstić information content (AvgIpc) is 0.760. The van der Waals surface area contributed by atoms with Gasteiger partial charge in [-0.05, 0) is 55.6 Å². The highest BCUT2D eigenvalue weighted by Gasteiger charge is 2.61. The van der Waals surface area contributed by atoms with Crippen LogP contribution in [0.25, 0.3) is 0 Å². The van der Waals surface area contributed by atoms with Crippen molar-refractivity contribution in [3.8, 4) is 0 Å². The van der Waals surface area contributed by atoms with Crippen LogP contribution in [0.1, 0.15) is 55.6 Å². The lowest BCUT2D eigenvalue weighted by Gasteiger charge is -2.52. The van der Waals surface area contributed by atoms with E-state index in [2.05, 4.69) is 0 Å². The normalized spacial score (nSPS) is 32.7. The summed E-state index contributed by atoms with van der Waals surface area (Å²) in [5.41, 5.74) is 7.06. The summed E-state index contributed by atoms with van der Waals surface area (Å²) in [6.45, 7) is -4.09. The fraction of sp³-hybridized carbons (Fsp3) is 0.434. The first-order chi connectivity index (χ1) is 66.8. The number of benzene rings is 10. The third kappa shape index (κ3) is 25.8. The molecule has 0 saturated carbocycles. The summed E-state index contributed by atoms with van der Waals surface area (Å²) in [6.07, 6.45) is -49.5. The second-order valence-electron chi connectivity index (χ2n) is 34.7. The number of ether oxygens (including phenoxy) is 22. The Morgan fingerprint density at radius 1 is 0.169 bits per heavy atom. The molecule has 22 heterocycles. The van der Waals surface area contributed by atoms with E-state index in [0.29, 0.717) is 33.4 Å². The average molecular weight is 1870 g/mol. The van der Waals surface area contributed by atoms with Gasteiger partial charge >= 0.3 is 0 Å². The van der Waals surface area contributed by atoms with E-state index in [9.17, 15) is 40.9 Å². The zero-order valence-corrected chi connectivity index (χ0v) is 75.1. The minimum absolute atomic E-state index is 0.0212. The summed E-state index contributed by atoms with van der Waals surface area (Å²) in [5, 5.41) is 106. The highest BCUT2D eigenvalue weighted by Crippen LogP contribution is 2.43. The van der Waals surface area contributed by atoms with Crippen molar-refractivity contribution in [2.75, 3.05) is 39.6 Å². The molecular formula is C106H120O30. The van der Waals surface area contributed by atoms with Crippen LogP contribution >= 0.6 is 0 Å². The van der Waals surface area contributed by atoms with Crippen LogP contribution < -0.4 is 0 Å². The highest BCUT2D eigenvalue weighted by atomic mass is 16.8. The topological polar surface area (TPSA) is 365 Å². The highest BCUT2D eigenvalue weighted by molar-refractivity contribution is 5.22. The van der Waals surface area contributed by atoms with E-state index in [-0.39, 0.29) is 92.5 Å². The molecule has 22 saturated heterocycles. The summed E-state index contributed by atoms with van der Waals surface area (Å²) in [4.78, 5) is 0. The Kier molecular flexibility index (Phi) is 36.0. The van der Waals surface area contributed by atoms with Crippen molar-refractivity contribution in [3.05, 3.63) is 359 Å². The van der Waals surface area contributed by atoms with Crippen LogP contribution in [0.5, 0.6) is 0 Å². The van der Waals surface area contributed by atoms with E-state index in [1.54, 1.807) is 0 Å². The molecular weight excluding hydrogens is 1750 g/mol. The summed E-state index contributed by atoms with van der Waals surface area (Å²) in [5.74, 6) is 0. The van der Waals surface area contributed by atoms with Crippen molar-refractivity contribution in [1.82, 2.24) is 0 Å². The van der Waals surface area contributed by atoms with Crippen LogP contribution in [0.15, 0.2) is 303 Å². The van der Waals surface area contributed by atoms with E-state index in [0.717, 1.165) is 22.3 Å². The molecule has 8 N–H and O–H groups in total. The Morgan fingerprint density at radius 2 is 0.301 bits per heavy atom. The molecule has 22 aliphatic heterocycles. The lowest BCUT2D eigenvalue weighted by Crippen LogP contribution is -2.69. The molecule has 30 heteroatoms. The molecule has 0 radical (unpaired) electrons. The van der Waals surface area contributed by atoms with Gasteiger partial charge in [-0.2, -0.15) is 0 Å². The molecule has 0 spiro atoms. The Balaban J connectivity index is 0.811. The molecule has 30 atom stereocenters. The molecule has 22 aliphatic rings. The van der Waals surface area contributed by atoms with Crippen LogP contribution in [0.2, 0.25) is 0 Å². The molecule has 136 heavy (non-hydrogen) atoms. The van der Waals surface area contributed by atoms with Gasteiger partial charge in [0.1, 0.15) is 146 Å². The van der Waals surface area contributed by atoms with E-state index in [4.69, 9.17) is 104 Å². The minimum atomic E-state index is -1.87. The standard InChI is InChI=1S/C106H120O30/c107-51-77-89-83(109)95(119-57-71-39-19-5-20-40-71)101(125-77)133-91-79(63-115-53-67-31-11-1-12-32-67)129-105(99(85(91)111)123-61-75-47-27-9-28-48-75)135-93-81(65-117-55-69-35-15-3-16-36-69)127-103(97(87(93)113)121-59-73-43-23-7-24-44-73)132-90-78(52-108)126-102(96(84(90)110)120-58-72-41-21-6-22-42-72)134-92-80(64-116-54-68-33-13-2-14-34-68)130-106(100(86(92)112)124-62-76-49-29-10-30-50-76)136-94-82(66-118-56-70-37-17-4-18-38-70)128-104(131-89)98(88(94)114)122-60-74-45-25-8-26-46-74/h1-50,77-114H,51-66H2/t77-,78-,79-,80-,81-,82-,83-,84-,85-,86-,87-,88-,89-,90-,91-,92-,93-,94-,95-,96-,97-,98-,99-,100-,101-,102-,103-,104-,105-,106-/m1/s1. The predicted molar refractivity (Wildman–Crippen MR) is 486 cm³/mol. The zero-order valence-electron chi connectivity index (χ0n) is 75.1. The van der Waals surface area contributed by atoms with Gasteiger partial charge in [-0.15, -0.1) is 0 Å². The third-order valence-corrected chi connectivity index (χ3v) is 25.1. The van der Waals surface area contributed by atoms with Gasteiger partial charge in [0.05, 0.1) is 106 Å². The largest absolute Gasteiger partial charge is 0.394 e. The maximum absolute atomic E-state index is 13.8. The van der Waals surface area contributed by atoms with Gasteiger partial charge in [0.15, 0.2) is 37.7 Å². The first-order valence-corrected chi connectivity index (χ1v) is 46.4. The molecule has 10 aromatic carbocycles. The molecule has 12 bridgehead atoms. The van der Waals surface area contributed by atoms with Crippen molar-refractivity contribution < 1.29 is 145 Å². The molecule has 32 rings (SSSR count). The second kappa shape index (κ2) is 49.7. The lowest BCUT2D eigenvalue weighted by molar-refractivity contribution is -0.411. The monoisotopic (exact) mass is 1870 g/mol. The number of hydrogen-bond donors (Lipinski definition) is 8. The molecule has 22 fully saturated rings. The SMILES string of the molecule is OC[C@H]1O[C@@H]2O[C@H]3[C@@H](O)[C@@H](OCc4ccccc4)[C@@H](O[C@H]4[C@@H](O)[C@@H](OCc5ccccc5)[C@@H](O[C@H]5[C@@H](O)[C@@H](OCc6ccccc6)[C@@H](O[C@H]6[C@@H](O)[C@@H](OCc7ccccc7)[C@@H](O[C@H]7[C@@H](O)[C@@H](OCc8ccccc8)[C@@H](O[C@H]1[C@@H](O)[C@H]2OCc1ccccc1)O[C@@H]7COCc1ccccc1)O[C@@H]6COCc1ccccc1)O[C@@H]5CO)O[C@@H]4COCc1ccccc1)O[C@@H]3COCc1ccccc1. The van der Waals surface area contributed by atoms with Crippen LogP contribution in [0.4, 0.5) is 0 Å². The van der Waals surface area contributed by atoms with Gasteiger partial charge in [0, 0.05) is 0 Å². The molecule has 724 valence electrons. The first kappa shape index (κ1) is 98.6. The molecule has 10 aromatic rings. The zero-order chi connectivity index (χ0) is 93.3. The molecule has 30 nitrogen and oxygen atoms in total. The number of hydrogen-bond acceptors (Lipinski definition) is 30. The van der Waals surface area contributed by atoms with Gasteiger partial charge < -0.3 is 145 Å². The predicted octanol–water partition coefficient (Wildman–Crippen LogP) is 9.19. The van der Waals surface area contributed by atoms with Crippen LogP contribution in [-0.2, 0) is 170 Å². The quantitative estimate of drug-likeness (QED) is 0.0181. The molecule has 0 unspecified atom stereocenters. The molecule has 0 aliphatic carbocycles. The molecule has 0 aromatic heterocycles. The van der Waals surface area contributed by atoms with E-state index < -0.39 is 197 Å². The smallest absolute Gasteiger partial charge is 0.187 e. The number of rotatable bonds is 36. The summed E-state index contributed by atoms with van der Waals surface area (Å²) < 4.78 is 154. The van der Waals surface area contributed by atoms with Crippen LogP contribution in [0.3, 0.4) is 0 Å². The van der Waals surface area contributed by atoms with E-state index in [1.165, 1.54) is 0 Å². The van der Waals surface area contributed by atoms with Gasteiger partial charge in [0.2, 0.25) is 0 Å². The fourth-order valence-corrected chi connectivity index (χ4v) is 17.9. The number of aliphatic hydroxyl groups excluding tert-OH is 8. The van der Waals surface area contributed by atoms with Crippen LogP contribution in [0, 0.1) is 0 Å². The summed E-state index contributed by atoms with van der Waals surface area (Å²) >= 11 is 0. The fourth-order valence-electron chi connectivity index (χ4n) is 17.9. The van der Waals surface area contributed by atoms with E-state index >= 15 is 0 Å². The Labute approximate surface area is 790 Å². The van der Waals surface area contributed by atoms with Gasteiger partial charge in [-0.1, -0.05) is 303 Å². The van der Waals surface area contributed by atoms with E-state index in [1.807, 2.05) is 303 Å². The van der Waals surface area contributed by atoms with Crippen molar-refractivity contribution in [2.45, 2.75) is 250 Å². The maximum Gasteiger partial charge on any atom is 0.187 e. The van der Waals surface area contributed by atoms with Gasteiger partial charge in [0.25, 0.3) is 0 Å². The minimum Gasteiger partial charge on any atom is -0.394 e. The summed E-state index contributed by atoms with van der Waals surface area (Å²) in [6, 6.07) is 92.2. The Bertz CT molecular complexity index is 4650. The van der Waals surface area contributed by atoms with Gasteiger partial charge in [-0.3, -0.25) is 0 Å². The molecule has 0 amide bonds. The number of aliphatic hydroxyl groups is 8. The van der Waals surface area contributed by atoms with Crippen LogP contribution in [-0.4, -0.2) is 265 Å². The third-order valence-electron chi connectivity index (χ3n) is 25.1. The van der Waals surface area contributed by atoms with Crippen molar-refractivity contribution in [1.29, 1.82) is 0 Å². The lowest BCUT2D eigenvalue weighted by atomic mass is 9.94.